The van der Waals surface area contributed by atoms with Crippen molar-refractivity contribution in [2.45, 2.75) is 73.0 Å². The fraction of sp³-hybridized carbons (Fsp3) is 0.500. The molecular formula is C24H35N3OSi. The third-order valence-corrected chi connectivity index (χ3v) is 7.65. The van der Waals surface area contributed by atoms with E-state index in [0.29, 0.717) is 6.73 Å². The summed E-state index contributed by atoms with van der Waals surface area (Å²) in [5, 5.41) is 0. The van der Waals surface area contributed by atoms with Gasteiger partial charge in [0.05, 0.1) is 16.7 Å². The molecule has 0 amide bonds. The number of aromatic nitrogens is 3. The van der Waals surface area contributed by atoms with E-state index in [0.717, 1.165) is 36.2 Å². The molecule has 0 aliphatic heterocycles. The molecule has 0 radical (unpaired) electrons. The van der Waals surface area contributed by atoms with Crippen molar-refractivity contribution < 1.29 is 4.74 Å². The number of ether oxygens (including phenoxy) is 1. The van der Waals surface area contributed by atoms with Gasteiger partial charge in [-0.3, -0.25) is 0 Å². The van der Waals surface area contributed by atoms with Crippen LogP contribution < -0.4 is 0 Å². The Kier molecular flexibility index (Phi) is 6.59. The van der Waals surface area contributed by atoms with E-state index in [9.17, 15) is 0 Å². The number of rotatable bonds is 8. The third-order valence-electron chi connectivity index (χ3n) is 5.94. The molecule has 0 saturated heterocycles. The first kappa shape index (κ1) is 21.7. The first-order valence-electron chi connectivity index (χ1n) is 10.6. The van der Waals surface area contributed by atoms with Crippen LogP contribution in [0.25, 0.3) is 11.0 Å². The third kappa shape index (κ3) is 4.96. The summed E-state index contributed by atoms with van der Waals surface area (Å²) < 4.78 is 8.37. The number of nitrogens with zero attached hydrogens (tertiary/aromatic N) is 3. The highest BCUT2D eigenvalue weighted by Crippen LogP contribution is 2.27. The fourth-order valence-corrected chi connectivity index (χ4v) is 4.64. The number of benzene rings is 1. The maximum absolute atomic E-state index is 6.10. The van der Waals surface area contributed by atoms with Gasteiger partial charge in [-0.2, -0.15) is 0 Å². The summed E-state index contributed by atoms with van der Waals surface area (Å²) in [6, 6.07) is 7.70. The zero-order valence-electron chi connectivity index (χ0n) is 19.1. The molecule has 0 unspecified atom stereocenters. The fourth-order valence-electron chi connectivity index (χ4n) is 3.88. The van der Waals surface area contributed by atoms with Gasteiger partial charge < -0.3 is 9.30 Å². The van der Waals surface area contributed by atoms with Gasteiger partial charge in [-0.1, -0.05) is 37.8 Å². The molecule has 0 aliphatic carbocycles. The molecule has 0 bridgehead atoms. The largest absolute Gasteiger partial charge is 0.361 e. The maximum Gasteiger partial charge on any atom is 0.123 e. The molecule has 0 saturated carbocycles. The predicted molar refractivity (Wildman–Crippen MR) is 124 cm³/mol. The minimum absolute atomic E-state index is 0.574. The van der Waals surface area contributed by atoms with Gasteiger partial charge in [-0.15, -0.1) is 0 Å². The second-order valence-corrected chi connectivity index (χ2v) is 15.0. The molecule has 4 nitrogen and oxygen atoms in total. The Labute approximate surface area is 176 Å². The van der Waals surface area contributed by atoms with E-state index >= 15 is 0 Å². The molecule has 3 aromatic rings. The van der Waals surface area contributed by atoms with Crippen LogP contribution in [0.1, 0.15) is 33.6 Å². The zero-order valence-corrected chi connectivity index (χ0v) is 20.1. The van der Waals surface area contributed by atoms with Crippen molar-refractivity contribution in [2.75, 3.05) is 6.61 Å². The normalized spacial score (nSPS) is 12.1. The summed E-state index contributed by atoms with van der Waals surface area (Å²) in [6.45, 7) is 17.3. The molecule has 156 valence electrons. The van der Waals surface area contributed by atoms with Gasteiger partial charge in [0.15, 0.2) is 0 Å². The SMILES string of the molecule is Cc1cccc(C)c1CCc1ncnc2c(C)c(C)n(COCC[Si](C)(C)C)c12. The van der Waals surface area contributed by atoms with Gasteiger partial charge in [0.1, 0.15) is 13.1 Å². The number of hydrogen-bond acceptors (Lipinski definition) is 3. The number of fused-ring (bicyclic) bond motifs is 1. The van der Waals surface area contributed by atoms with E-state index < -0.39 is 8.07 Å². The van der Waals surface area contributed by atoms with Crippen LogP contribution >= 0.6 is 0 Å². The second kappa shape index (κ2) is 8.80. The standard InChI is InChI=1S/C24H35N3OSi/c1-17-9-8-10-18(2)21(17)11-12-22-24-23(26-15-25-22)19(3)20(4)27(24)16-28-13-14-29(5,6)7/h8-10,15H,11-14,16H2,1-7H3. The van der Waals surface area contributed by atoms with Crippen LogP contribution in [-0.4, -0.2) is 29.2 Å². The quantitative estimate of drug-likeness (QED) is 0.351. The highest BCUT2D eigenvalue weighted by Gasteiger charge is 2.18. The van der Waals surface area contributed by atoms with Gasteiger partial charge in [-0.05, 0) is 68.8 Å². The molecule has 0 aliphatic rings. The van der Waals surface area contributed by atoms with Crippen LogP contribution in [0.5, 0.6) is 0 Å². The van der Waals surface area contributed by atoms with Crippen molar-refractivity contribution in [1.82, 2.24) is 14.5 Å². The van der Waals surface area contributed by atoms with E-state index in [1.165, 1.54) is 34.0 Å². The van der Waals surface area contributed by atoms with Crippen molar-refractivity contribution >= 4 is 19.1 Å². The lowest BCUT2D eigenvalue weighted by Gasteiger charge is -2.17. The van der Waals surface area contributed by atoms with Gasteiger partial charge in [0.2, 0.25) is 0 Å². The van der Waals surface area contributed by atoms with E-state index in [2.05, 4.69) is 80.1 Å². The molecular weight excluding hydrogens is 374 g/mol. The van der Waals surface area contributed by atoms with Crippen molar-refractivity contribution in [1.29, 1.82) is 0 Å². The monoisotopic (exact) mass is 409 g/mol. The number of hydrogen-bond donors (Lipinski definition) is 0. The minimum Gasteiger partial charge on any atom is -0.361 e. The van der Waals surface area contributed by atoms with Gasteiger partial charge in [0.25, 0.3) is 0 Å². The summed E-state index contributed by atoms with van der Waals surface area (Å²) in [6.07, 6.45) is 3.61. The Morgan fingerprint density at radius 2 is 1.66 bits per heavy atom. The van der Waals surface area contributed by atoms with E-state index in [-0.39, 0.29) is 0 Å². The van der Waals surface area contributed by atoms with Crippen LogP contribution in [0.2, 0.25) is 25.7 Å². The van der Waals surface area contributed by atoms with Crippen molar-refractivity contribution in [3.05, 3.63) is 58.2 Å². The Balaban J connectivity index is 1.87. The summed E-state index contributed by atoms with van der Waals surface area (Å²) in [4.78, 5) is 9.28. The minimum atomic E-state index is -1.09. The van der Waals surface area contributed by atoms with Crippen molar-refractivity contribution in [2.24, 2.45) is 0 Å². The molecule has 2 heterocycles. The molecule has 0 spiro atoms. The van der Waals surface area contributed by atoms with Gasteiger partial charge in [0, 0.05) is 20.4 Å². The van der Waals surface area contributed by atoms with Crippen molar-refractivity contribution in [3.63, 3.8) is 0 Å². The van der Waals surface area contributed by atoms with E-state index in [1.54, 1.807) is 6.33 Å². The zero-order chi connectivity index (χ0) is 21.2. The highest BCUT2D eigenvalue weighted by molar-refractivity contribution is 6.76. The smallest absolute Gasteiger partial charge is 0.123 e. The van der Waals surface area contributed by atoms with Crippen LogP contribution in [0, 0.1) is 27.7 Å². The first-order valence-corrected chi connectivity index (χ1v) is 14.3. The topological polar surface area (TPSA) is 39.9 Å². The molecule has 29 heavy (non-hydrogen) atoms. The van der Waals surface area contributed by atoms with Crippen molar-refractivity contribution in [3.8, 4) is 0 Å². The lowest BCUT2D eigenvalue weighted by atomic mass is 9.97. The van der Waals surface area contributed by atoms with Crippen LogP contribution in [0.15, 0.2) is 24.5 Å². The van der Waals surface area contributed by atoms with Gasteiger partial charge in [-0.25, -0.2) is 9.97 Å². The summed E-state index contributed by atoms with van der Waals surface area (Å²) in [7, 11) is -1.09. The predicted octanol–water partition coefficient (Wildman–Crippen LogP) is 5.76. The van der Waals surface area contributed by atoms with Crippen LogP contribution in [0.3, 0.4) is 0 Å². The lowest BCUT2D eigenvalue weighted by molar-refractivity contribution is 0.0888. The average Bonchev–Trinajstić information content (AvgIpc) is 2.89. The molecule has 5 heteroatoms. The molecule has 0 N–H and O–H groups in total. The number of aryl methyl sites for hydroxylation is 4. The molecule has 0 fully saturated rings. The van der Waals surface area contributed by atoms with E-state index in [1.807, 2.05) is 0 Å². The first-order chi connectivity index (χ1) is 13.7. The van der Waals surface area contributed by atoms with Crippen LogP contribution in [0.4, 0.5) is 0 Å². The summed E-state index contributed by atoms with van der Waals surface area (Å²) in [5.41, 5.74) is 9.90. The molecule has 0 atom stereocenters. The lowest BCUT2D eigenvalue weighted by Crippen LogP contribution is -2.22. The Hall–Kier alpha value is -1.98. The summed E-state index contributed by atoms with van der Waals surface area (Å²) in [5.74, 6) is 0. The maximum atomic E-state index is 6.10. The highest BCUT2D eigenvalue weighted by atomic mass is 28.3. The Morgan fingerprint density at radius 1 is 0.966 bits per heavy atom. The van der Waals surface area contributed by atoms with Crippen LogP contribution in [-0.2, 0) is 24.3 Å². The second-order valence-electron chi connectivity index (χ2n) is 9.37. The molecule has 3 rings (SSSR count). The molecule has 1 aromatic carbocycles. The Morgan fingerprint density at radius 3 is 2.31 bits per heavy atom. The summed E-state index contributed by atoms with van der Waals surface area (Å²) >= 11 is 0. The van der Waals surface area contributed by atoms with Gasteiger partial charge >= 0.3 is 0 Å². The van der Waals surface area contributed by atoms with E-state index in [4.69, 9.17) is 4.74 Å². The Bertz CT molecular complexity index is 981. The average molecular weight is 410 g/mol. The molecule has 2 aromatic heterocycles.